The highest BCUT2D eigenvalue weighted by atomic mass is 32.2. The van der Waals surface area contributed by atoms with Gasteiger partial charge >= 0.3 is 0 Å². The molecule has 2 aromatic carbocycles. The van der Waals surface area contributed by atoms with Crippen LogP contribution in [-0.2, 0) is 9.59 Å². The third-order valence-corrected chi connectivity index (χ3v) is 5.48. The van der Waals surface area contributed by atoms with Crippen LogP contribution >= 0.6 is 11.8 Å². The van der Waals surface area contributed by atoms with Crippen molar-refractivity contribution in [1.29, 1.82) is 0 Å². The third kappa shape index (κ3) is 3.38. The molecule has 7 nitrogen and oxygen atoms in total. The van der Waals surface area contributed by atoms with Crippen molar-refractivity contribution in [2.45, 2.75) is 11.3 Å². The fraction of sp³-hybridized carbons (Fsp3) is 0.200. The number of fused-ring (bicyclic) bond motifs is 1. The Bertz CT molecular complexity index is 1130. The van der Waals surface area contributed by atoms with Crippen molar-refractivity contribution in [3.8, 4) is 0 Å². The number of thioether (sulfide) groups is 1. The van der Waals surface area contributed by atoms with Gasteiger partial charge in [-0.25, -0.2) is 9.66 Å². The minimum absolute atomic E-state index is 0.102. The Morgan fingerprint density at radius 3 is 2.82 bits per heavy atom. The number of nitrogens with zero attached hydrogens (tertiary/aromatic N) is 3. The second kappa shape index (κ2) is 7.47. The summed E-state index contributed by atoms with van der Waals surface area (Å²) in [7, 11) is 0. The van der Waals surface area contributed by atoms with Crippen LogP contribution in [0.5, 0.6) is 0 Å². The van der Waals surface area contributed by atoms with Gasteiger partial charge in [0.2, 0.25) is 11.8 Å². The summed E-state index contributed by atoms with van der Waals surface area (Å²) in [6, 6.07) is 14.6. The maximum Gasteiger partial charge on any atom is 0.280 e. The van der Waals surface area contributed by atoms with Gasteiger partial charge in [-0.3, -0.25) is 19.8 Å². The third-order valence-electron chi connectivity index (χ3n) is 4.76. The van der Waals surface area contributed by atoms with E-state index in [4.69, 9.17) is 0 Å². The molecule has 0 aliphatic carbocycles. The summed E-state index contributed by atoms with van der Waals surface area (Å²) in [5.41, 5.74) is 3.56. The van der Waals surface area contributed by atoms with Gasteiger partial charge in [-0.1, -0.05) is 18.2 Å². The van der Waals surface area contributed by atoms with Crippen molar-refractivity contribution >= 4 is 40.2 Å². The SMILES string of the molecule is CSc1cccc(N2CC(C(=O)Nn3cnc4ccccc4c3=O)CC2=O)c1. The summed E-state index contributed by atoms with van der Waals surface area (Å²) in [5, 5.41) is 0.420. The Kier molecular flexibility index (Phi) is 4.87. The second-order valence-electron chi connectivity index (χ2n) is 6.52. The van der Waals surface area contributed by atoms with Gasteiger partial charge in [-0.05, 0) is 36.6 Å². The summed E-state index contributed by atoms with van der Waals surface area (Å²) in [4.78, 5) is 44.5. The Labute approximate surface area is 165 Å². The maximum atomic E-state index is 12.7. The Morgan fingerprint density at radius 2 is 2.00 bits per heavy atom. The van der Waals surface area contributed by atoms with Crippen molar-refractivity contribution in [2.75, 3.05) is 23.1 Å². The number of hydrogen-bond acceptors (Lipinski definition) is 5. The van der Waals surface area contributed by atoms with Gasteiger partial charge in [0.25, 0.3) is 5.56 Å². The molecule has 1 aromatic heterocycles. The molecule has 0 bridgehead atoms. The first-order valence-corrected chi connectivity index (χ1v) is 10.0. The molecular weight excluding hydrogens is 376 g/mol. The van der Waals surface area contributed by atoms with Crippen LogP contribution in [0, 0.1) is 5.92 Å². The predicted octanol–water partition coefficient (Wildman–Crippen LogP) is 2.24. The van der Waals surface area contributed by atoms with Gasteiger partial charge in [0.15, 0.2) is 0 Å². The van der Waals surface area contributed by atoms with Crippen LogP contribution in [-0.4, -0.2) is 34.3 Å². The molecule has 0 radical (unpaired) electrons. The molecule has 1 unspecified atom stereocenters. The minimum atomic E-state index is -0.538. The zero-order valence-electron chi connectivity index (χ0n) is 15.2. The first-order valence-electron chi connectivity index (χ1n) is 8.78. The van der Waals surface area contributed by atoms with Gasteiger partial charge < -0.3 is 4.90 Å². The van der Waals surface area contributed by atoms with E-state index in [1.807, 2.05) is 30.5 Å². The Balaban J connectivity index is 1.52. The molecule has 4 rings (SSSR count). The molecule has 2 amide bonds. The molecule has 28 heavy (non-hydrogen) atoms. The van der Waals surface area contributed by atoms with E-state index in [0.717, 1.165) is 15.3 Å². The van der Waals surface area contributed by atoms with E-state index in [2.05, 4.69) is 10.4 Å². The van der Waals surface area contributed by atoms with Crippen LogP contribution in [0.1, 0.15) is 6.42 Å². The van der Waals surface area contributed by atoms with Crippen molar-refractivity contribution in [1.82, 2.24) is 9.66 Å². The average molecular weight is 394 g/mol. The topological polar surface area (TPSA) is 84.3 Å². The number of nitrogens with one attached hydrogen (secondary N) is 1. The monoisotopic (exact) mass is 394 g/mol. The van der Waals surface area contributed by atoms with Crippen molar-refractivity contribution in [3.63, 3.8) is 0 Å². The van der Waals surface area contributed by atoms with Crippen molar-refractivity contribution in [3.05, 3.63) is 65.2 Å². The molecule has 1 aliphatic rings. The maximum absolute atomic E-state index is 12.7. The van der Waals surface area contributed by atoms with Crippen molar-refractivity contribution < 1.29 is 9.59 Å². The minimum Gasteiger partial charge on any atom is -0.312 e. The lowest BCUT2D eigenvalue weighted by molar-refractivity contribution is -0.123. The zero-order valence-corrected chi connectivity index (χ0v) is 16.0. The Morgan fingerprint density at radius 1 is 1.18 bits per heavy atom. The standard InChI is InChI=1S/C20H18N4O3S/c1-28-15-6-4-5-14(10-15)23-11-13(9-18(23)25)19(26)22-24-12-21-17-8-3-2-7-16(17)20(24)27/h2-8,10,12-13H,9,11H2,1H3,(H,22,26). The summed E-state index contributed by atoms with van der Waals surface area (Å²) >= 11 is 1.59. The zero-order chi connectivity index (χ0) is 19.7. The molecule has 3 aromatic rings. The molecule has 1 fully saturated rings. The summed E-state index contributed by atoms with van der Waals surface area (Å²) in [6.07, 6.45) is 3.36. The highest BCUT2D eigenvalue weighted by Crippen LogP contribution is 2.28. The number of benzene rings is 2. The van der Waals surface area contributed by atoms with E-state index >= 15 is 0 Å². The number of aromatic nitrogens is 2. The largest absolute Gasteiger partial charge is 0.312 e. The van der Waals surface area contributed by atoms with Gasteiger partial charge in [0, 0.05) is 23.5 Å². The van der Waals surface area contributed by atoms with Crippen LogP contribution < -0.4 is 15.9 Å². The van der Waals surface area contributed by atoms with Crippen LogP contribution in [0.15, 0.2) is 64.5 Å². The molecule has 0 spiro atoms. The first kappa shape index (κ1) is 18.2. The number of hydrogen-bond donors (Lipinski definition) is 1. The molecule has 2 heterocycles. The molecule has 1 atom stereocenters. The Hall–Kier alpha value is -3.13. The quantitative estimate of drug-likeness (QED) is 0.686. The smallest absolute Gasteiger partial charge is 0.280 e. The first-order chi connectivity index (χ1) is 13.6. The lowest BCUT2D eigenvalue weighted by Gasteiger charge is -2.17. The fourth-order valence-electron chi connectivity index (χ4n) is 3.27. The van der Waals surface area contributed by atoms with E-state index in [9.17, 15) is 14.4 Å². The molecule has 1 N–H and O–H groups in total. The molecular formula is C20H18N4O3S. The predicted molar refractivity (Wildman–Crippen MR) is 109 cm³/mol. The highest BCUT2D eigenvalue weighted by Gasteiger charge is 2.35. The second-order valence-corrected chi connectivity index (χ2v) is 7.40. The lowest BCUT2D eigenvalue weighted by atomic mass is 10.1. The molecule has 1 aliphatic heterocycles. The number of para-hydroxylation sites is 1. The van der Waals surface area contributed by atoms with E-state index in [-0.39, 0.29) is 30.3 Å². The van der Waals surface area contributed by atoms with Gasteiger partial charge in [-0.15, -0.1) is 11.8 Å². The number of carbonyl (C=O) groups excluding carboxylic acids is 2. The van der Waals surface area contributed by atoms with Crippen LogP contribution in [0.4, 0.5) is 5.69 Å². The van der Waals surface area contributed by atoms with Gasteiger partial charge in [-0.2, -0.15) is 0 Å². The van der Waals surface area contributed by atoms with E-state index in [1.54, 1.807) is 40.9 Å². The number of amides is 2. The van der Waals surface area contributed by atoms with Crippen LogP contribution in [0.25, 0.3) is 10.9 Å². The van der Waals surface area contributed by atoms with E-state index in [1.165, 1.54) is 6.33 Å². The summed E-state index contributed by atoms with van der Waals surface area (Å²) in [5.74, 6) is -1.03. The summed E-state index contributed by atoms with van der Waals surface area (Å²) < 4.78 is 1.08. The van der Waals surface area contributed by atoms with Crippen LogP contribution in [0.2, 0.25) is 0 Å². The van der Waals surface area contributed by atoms with Gasteiger partial charge in [0.1, 0.15) is 6.33 Å². The van der Waals surface area contributed by atoms with Crippen LogP contribution in [0.3, 0.4) is 0 Å². The number of anilines is 1. The van der Waals surface area contributed by atoms with Gasteiger partial charge in [0.05, 0.1) is 16.8 Å². The summed E-state index contributed by atoms with van der Waals surface area (Å²) in [6.45, 7) is 0.276. The fourth-order valence-corrected chi connectivity index (χ4v) is 3.72. The molecule has 1 saturated heterocycles. The van der Waals surface area contributed by atoms with Crippen molar-refractivity contribution in [2.24, 2.45) is 5.92 Å². The van der Waals surface area contributed by atoms with E-state index in [0.29, 0.717) is 10.9 Å². The highest BCUT2D eigenvalue weighted by molar-refractivity contribution is 7.98. The molecule has 142 valence electrons. The number of rotatable bonds is 4. The normalized spacial score (nSPS) is 16.5. The van der Waals surface area contributed by atoms with E-state index < -0.39 is 5.92 Å². The molecule has 8 heteroatoms. The molecule has 0 saturated carbocycles. The lowest BCUT2D eigenvalue weighted by Crippen LogP contribution is -2.37. The number of carbonyl (C=O) groups is 2. The average Bonchev–Trinajstić information content (AvgIpc) is 3.12.